The van der Waals surface area contributed by atoms with E-state index in [1.54, 1.807) is 12.1 Å². The Morgan fingerprint density at radius 3 is 2.32 bits per heavy atom. The zero-order valence-electron chi connectivity index (χ0n) is 10.8. The molecule has 0 saturated heterocycles. The van der Waals surface area contributed by atoms with Crippen molar-refractivity contribution < 1.29 is 14.4 Å². The molecule has 1 atom stereocenters. The van der Waals surface area contributed by atoms with Crippen LogP contribution in [0.15, 0.2) is 24.3 Å². The lowest BCUT2D eigenvalue weighted by Crippen LogP contribution is -2.45. The summed E-state index contributed by atoms with van der Waals surface area (Å²) in [5.41, 5.74) is 6.77. The lowest BCUT2D eigenvalue weighted by atomic mass is 10.2. The normalized spacial score (nSPS) is 11.7. The Hall–Kier alpha value is -1.82. The Kier molecular flexibility index (Phi) is 5.57. The standard InChI is InChI=1S/C13H16N2O3S/c1-8-3-5-10(6-4-8)13(18)19-7-11(12(14)17)15-9(2)16/h3-6,11H,7H2,1-2H3,(H2,14,17)(H,15,16). The van der Waals surface area contributed by atoms with Crippen LogP contribution in [-0.4, -0.2) is 28.7 Å². The van der Waals surface area contributed by atoms with E-state index in [1.165, 1.54) is 6.92 Å². The molecule has 1 rings (SSSR count). The van der Waals surface area contributed by atoms with Crippen molar-refractivity contribution in [1.82, 2.24) is 5.32 Å². The average Bonchev–Trinajstić information content (AvgIpc) is 2.34. The molecule has 0 heterocycles. The molecule has 1 aromatic carbocycles. The van der Waals surface area contributed by atoms with Crippen molar-refractivity contribution in [2.45, 2.75) is 19.9 Å². The summed E-state index contributed by atoms with van der Waals surface area (Å²) in [7, 11) is 0. The largest absolute Gasteiger partial charge is 0.368 e. The number of nitrogens with two attached hydrogens (primary N) is 1. The topological polar surface area (TPSA) is 89.3 Å². The number of amides is 2. The van der Waals surface area contributed by atoms with Gasteiger partial charge in [0.1, 0.15) is 6.04 Å². The summed E-state index contributed by atoms with van der Waals surface area (Å²) in [6, 6.07) is 6.29. The third kappa shape index (κ3) is 5.13. The lowest BCUT2D eigenvalue weighted by Gasteiger charge is -2.13. The number of thioether (sulfide) groups is 1. The van der Waals surface area contributed by atoms with Crippen LogP contribution in [0.4, 0.5) is 0 Å². The number of hydrogen-bond donors (Lipinski definition) is 2. The third-order valence-corrected chi connectivity index (χ3v) is 3.39. The molecule has 2 amide bonds. The second kappa shape index (κ2) is 6.94. The van der Waals surface area contributed by atoms with Gasteiger partial charge in [-0.2, -0.15) is 0 Å². The van der Waals surface area contributed by atoms with E-state index >= 15 is 0 Å². The maximum Gasteiger partial charge on any atom is 0.240 e. The van der Waals surface area contributed by atoms with Crippen LogP contribution in [0.1, 0.15) is 22.8 Å². The van der Waals surface area contributed by atoms with E-state index in [0.717, 1.165) is 17.3 Å². The highest BCUT2D eigenvalue weighted by atomic mass is 32.2. The molecule has 0 aliphatic heterocycles. The Labute approximate surface area is 115 Å². The van der Waals surface area contributed by atoms with Gasteiger partial charge in [0.25, 0.3) is 0 Å². The summed E-state index contributed by atoms with van der Waals surface area (Å²) in [5, 5.41) is 2.25. The van der Waals surface area contributed by atoms with Gasteiger partial charge in [-0.15, -0.1) is 0 Å². The minimum Gasteiger partial charge on any atom is -0.368 e. The van der Waals surface area contributed by atoms with Gasteiger partial charge in [-0.05, 0) is 6.92 Å². The molecule has 0 radical (unpaired) electrons. The number of primary amides is 1. The number of hydrogen-bond acceptors (Lipinski definition) is 4. The molecular weight excluding hydrogens is 264 g/mol. The first-order chi connectivity index (χ1) is 8.90. The number of rotatable bonds is 5. The molecule has 102 valence electrons. The van der Waals surface area contributed by atoms with Crippen LogP contribution in [0.25, 0.3) is 0 Å². The van der Waals surface area contributed by atoms with Crippen LogP contribution < -0.4 is 11.1 Å². The molecule has 0 aromatic heterocycles. The van der Waals surface area contributed by atoms with E-state index in [4.69, 9.17) is 5.73 Å². The summed E-state index contributed by atoms with van der Waals surface area (Å²) in [5.74, 6) is -0.881. The summed E-state index contributed by atoms with van der Waals surface area (Å²) in [6.07, 6.45) is 0. The van der Waals surface area contributed by atoms with Gasteiger partial charge < -0.3 is 11.1 Å². The quantitative estimate of drug-likeness (QED) is 0.837. The third-order valence-electron chi connectivity index (χ3n) is 2.39. The van der Waals surface area contributed by atoms with Gasteiger partial charge in [0, 0.05) is 18.2 Å². The molecule has 0 aliphatic rings. The molecule has 0 fully saturated rings. The fourth-order valence-electron chi connectivity index (χ4n) is 1.37. The molecule has 1 unspecified atom stereocenters. The predicted octanol–water partition coefficient (Wildman–Crippen LogP) is 0.858. The highest BCUT2D eigenvalue weighted by Crippen LogP contribution is 2.14. The zero-order valence-corrected chi connectivity index (χ0v) is 11.6. The van der Waals surface area contributed by atoms with Crippen molar-refractivity contribution in [3.63, 3.8) is 0 Å². The number of carbonyl (C=O) groups is 3. The first-order valence-electron chi connectivity index (χ1n) is 5.70. The van der Waals surface area contributed by atoms with Crippen molar-refractivity contribution in [3.05, 3.63) is 35.4 Å². The number of carbonyl (C=O) groups excluding carboxylic acids is 3. The Balaban J connectivity index is 2.59. The average molecular weight is 280 g/mol. The van der Waals surface area contributed by atoms with Crippen LogP contribution >= 0.6 is 11.8 Å². The lowest BCUT2D eigenvalue weighted by molar-refractivity contribution is -0.125. The van der Waals surface area contributed by atoms with Gasteiger partial charge in [-0.3, -0.25) is 14.4 Å². The second-order valence-corrected chi connectivity index (χ2v) is 5.11. The van der Waals surface area contributed by atoms with Crippen LogP contribution in [0.2, 0.25) is 0 Å². The zero-order chi connectivity index (χ0) is 14.4. The van der Waals surface area contributed by atoms with E-state index < -0.39 is 11.9 Å². The van der Waals surface area contributed by atoms with E-state index in [2.05, 4.69) is 5.32 Å². The van der Waals surface area contributed by atoms with Gasteiger partial charge in [0.05, 0.1) is 0 Å². The number of benzene rings is 1. The fourth-order valence-corrected chi connectivity index (χ4v) is 2.24. The summed E-state index contributed by atoms with van der Waals surface area (Å²) in [4.78, 5) is 33.9. The van der Waals surface area contributed by atoms with Crippen molar-refractivity contribution in [2.75, 3.05) is 5.75 Å². The number of aryl methyl sites for hydroxylation is 1. The minimum atomic E-state index is -0.836. The molecular formula is C13H16N2O3S. The molecule has 5 nitrogen and oxygen atoms in total. The Bertz CT molecular complexity index is 485. The van der Waals surface area contributed by atoms with Crippen LogP contribution in [-0.2, 0) is 9.59 Å². The SMILES string of the molecule is CC(=O)NC(CSC(=O)c1ccc(C)cc1)C(N)=O. The monoisotopic (exact) mass is 280 g/mol. The molecule has 1 aromatic rings. The van der Waals surface area contributed by atoms with Crippen molar-refractivity contribution >= 4 is 28.7 Å². The summed E-state index contributed by atoms with van der Waals surface area (Å²) < 4.78 is 0. The summed E-state index contributed by atoms with van der Waals surface area (Å²) >= 11 is 0.959. The Morgan fingerprint density at radius 1 is 1.26 bits per heavy atom. The van der Waals surface area contributed by atoms with Crippen LogP contribution in [0.3, 0.4) is 0 Å². The van der Waals surface area contributed by atoms with Crippen LogP contribution in [0.5, 0.6) is 0 Å². The highest BCUT2D eigenvalue weighted by molar-refractivity contribution is 8.14. The van der Waals surface area contributed by atoms with E-state index in [0.29, 0.717) is 5.56 Å². The van der Waals surface area contributed by atoms with E-state index in [9.17, 15) is 14.4 Å². The van der Waals surface area contributed by atoms with E-state index in [-0.39, 0.29) is 16.8 Å². The van der Waals surface area contributed by atoms with Crippen molar-refractivity contribution in [2.24, 2.45) is 5.73 Å². The molecule has 0 bridgehead atoms. The Morgan fingerprint density at radius 2 is 1.84 bits per heavy atom. The van der Waals surface area contributed by atoms with Gasteiger partial charge in [0.2, 0.25) is 16.9 Å². The smallest absolute Gasteiger partial charge is 0.240 e. The van der Waals surface area contributed by atoms with Gasteiger partial charge in [0.15, 0.2) is 0 Å². The van der Waals surface area contributed by atoms with Crippen molar-refractivity contribution in [3.8, 4) is 0 Å². The molecule has 0 aliphatic carbocycles. The molecule has 19 heavy (non-hydrogen) atoms. The van der Waals surface area contributed by atoms with Crippen LogP contribution in [0, 0.1) is 6.92 Å². The predicted molar refractivity (Wildman–Crippen MR) is 74.8 cm³/mol. The van der Waals surface area contributed by atoms with Gasteiger partial charge in [-0.1, -0.05) is 41.6 Å². The molecule has 6 heteroatoms. The van der Waals surface area contributed by atoms with Gasteiger partial charge in [-0.25, -0.2) is 0 Å². The first kappa shape index (κ1) is 15.2. The summed E-state index contributed by atoms with van der Waals surface area (Å²) in [6.45, 7) is 3.23. The molecule has 3 N–H and O–H groups in total. The highest BCUT2D eigenvalue weighted by Gasteiger charge is 2.18. The fraction of sp³-hybridized carbons (Fsp3) is 0.308. The van der Waals surface area contributed by atoms with Crippen molar-refractivity contribution in [1.29, 1.82) is 0 Å². The maximum atomic E-state index is 11.9. The molecule has 0 spiro atoms. The molecule has 0 saturated carbocycles. The minimum absolute atomic E-state index is 0.127. The van der Waals surface area contributed by atoms with E-state index in [1.807, 2.05) is 19.1 Å². The number of nitrogens with one attached hydrogen (secondary N) is 1. The maximum absolute atomic E-state index is 11.9. The second-order valence-electron chi connectivity index (χ2n) is 4.12. The van der Waals surface area contributed by atoms with Gasteiger partial charge >= 0.3 is 0 Å². The first-order valence-corrected chi connectivity index (χ1v) is 6.69.